The molecule has 0 saturated carbocycles. The lowest BCUT2D eigenvalue weighted by molar-refractivity contribution is -0.129. The van der Waals surface area contributed by atoms with Crippen LogP contribution in [0.4, 0.5) is 4.39 Å². The Bertz CT molecular complexity index is 2010. The summed E-state index contributed by atoms with van der Waals surface area (Å²) in [6.07, 6.45) is 4.51. The Labute approximate surface area is 294 Å². The van der Waals surface area contributed by atoms with E-state index in [1.165, 1.54) is 54.7 Å². The Morgan fingerprint density at radius 2 is 1.78 bits per heavy atom. The van der Waals surface area contributed by atoms with E-state index in [4.69, 9.17) is 9.47 Å². The maximum atomic E-state index is 14.9. The molecular weight excluding hydrogens is 663 g/mol. The number of nitrogens with zero attached hydrogens (tertiary/aromatic N) is 5. The second kappa shape index (κ2) is 15.5. The van der Waals surface area contributed by atoms with Gasteiger partial charge in [0.2, 0.25) is 5.91 Å². The lowest BCUT2D eigenvalue weighted by atomic mass is 10.0. The summed E-state index contributed by atoms with van der Waals surface area (Å²) in [4.78, 5) is 44.1. The molecule has 0 aliphatic carbocycles. The molecule has 0 unspecified atom stereocenters. The van der Waals surface area contributed by atoms with Crippen LogP contribution in [0.25, 0.3) is 15.2 Å². The van der Waals surface area contributed by atoms with E-state index in [0.717, 1.165) is 21.5 Å². The molecule has 1 amide bonds. The average Bonchev–Trinajstić information content (AvgIpc) is 3.68. The zero-order valence-electron chi connectivity index (χ0n) is 29.7. The number of thiophene rings is 1. The molecule has 50 heavy (non-hydrogen) atoms. The number of nitrogens with one attached hydrogen (secondary N) is 1. The molecule has 0 aliphatic rings. The Hall–Kier alpha value is -4.66. The van der Waals surface area contributed by atoms with Gasteiger partial charge in [0.05, 0.1) is 42.4 Å². The average molecular weight is 709 g/mol. The molecular formula is C36H45FN6O6S. The van der Waals surface area contributed by atoms with E-state index in [-0.39, 0.29) is 47.3 Å². The second-order valence-corrected chi connectivity index (χ2v) is 14.4. The summed E-state index contributed by atoms with van der Waals surface area (Å²) >= 11 is 1.11. The smallest absolute Gasteiger partial charge is 0.333 e. The number of benzene rings is 1. The van der Waals surface area contributed by atoms with Crippen LogP contribution in [0.3, 0.4) is 0 Å². The number of hydrogen-bond acceptors (Lipinski definition) is 9. The first-order valence-corrected chi connectivity index (χ1v) is 17.0. The van der Waals surface area contributed by atoms with Gasteiger partial charge in [0.1, 0.15) is 33.8 Å². The number of aliphatic hydroxyl groups is 1. The molecule has 2 N–H and O–H groups in total. The van der Waals surface area contributed by atoms with Crippen LogP contribution in [0, 0.1) is 6.92 Å². The number of ether oxygens (including phenoxy) is 2. The first-order valence-electron chi connectivity index (χ1n) is 16.1. The van der Waals surface area contributed by atoms with Gasteiger partial charge in [0, 0.05) is 17.2 Å². The number of carbonyl (C=O) groups is 1. The van der Waals surface area contributed by atoms with Crippen LogP contribution in [-0.4, -0.2) is 59.5 Å². The number of hydrogen-bond donors (Lipinski definition) is 2. The summed E-state index contributed by atoms with van der Waals surface area (Å²) in [5, 5.41) is 22.6. The van der Waals surface area contributed by atoms with Crippen LogP contribution < -0.4 is 16.6 Å². The summed E-state index contributed by atoms with van der Waals surface area (Å²) in [6, 6.07) is 9.09. The summed E-state index contributed by atoms with van der Waals surface area (Å²) in [5.74, 6) is -0.925. The van der Waals surface area contributed by atoms with Crippen molar-refractivity contribution in [1.82, 2.24) is 29.4 Å². The maximum absolute atomic E-state index is 14.9. The zero-order chi connectivity index (χ0) is 37.0. The van der Waals surface area contributed by atoms with E-state index >= 15 is 0 Å². The summed E-state index contributed by atoms with van der Waals surface area (Å²) in [7, 11) is 0. The van der Waals surface area contributed by atoms with Crippen LogP contribution in [0.2, 0.25) is 0 Å². The van der Waals surface area contributed by atoms with Crippen molar-refractivity contribution in [3.63, 3.8) is 0 Å². The molecule has 0 fully saturated rings. The predicted molar refractivity (Wildman–Crippen MR) is 192 cm³/mol. The Kier molecular flexibility index (Phi) is 11.8. The third-order valence-corrected chi connectivity index (χ3v) is 9.00. The third kappa shape index (κ3) is 8.55. The summed E-state index contributed by atoms with van der Waals surface area (Å²) in [5.41, 5.74) is -2.86. The minimum Gasteiger partial charge on any atom is -0.489 e. The van der Waals surface area contributed by atoms with Gasteiger partial charge in [-0.25, -0.2) is 13.8 Å². The lowest BCUT2D eigenvalue weighted by Gasteiger charge is -2.29. The van der Waals surface area contributed by atoms with Crippen molar-refractivity contribution < 1.29 is 23.8 Å². The molecule has 268 valence electrons. The monoisotopic (exact) mass is 708 g/mol. The molecule has 4 rings (SSSR count). The Morgan fingerprint density at radius 1 is 1.14 bits per heavy atom. The topological polar surface area (TPSA) is 142 Å². The fourth-order valence-corrected chi connectivity index (χ4v) is 6.50. The van der Waals surface area contributed by atoms with Gasteiger partial charge < -0.3 is 19.9 Å². The number of halogens is 1. The standard InChI is InChI=1S/C36H45FN6O6S/c1-10-27(48-20-25-14-12-11-13-15-25)26(18-23(4)37)28(49-21-35(6,7)47)19-41-32-29(24(5)31(50-32)43-38-16-17-39-43)30(44)42(34(41)46)36(8,9)33(45)40-22(2)3/h10-18,22,28,47H,1,19-21H2,2-9H3,(H,40,45)/b23-18+,27-26-/t28-/m0/s1. The number of allylic oxidation sites excluding steroid dienone is 2. The van der Waals surface area contributed by atoms with E-state index < -0.39 is 40.2 Å². The van der Waals surface area contributed by atoms with Gasteiger partial charge in [-0.3, -0.25) is 14.2 Å². The number of carbonyl (C=O) groups excluding carboxylic acids is 1. The molecule has 0 saturated heterocycles. The molecule has 4 aromatic rings. The van der Waals surface area contributed by atoms with Crippen LogP contribution in [0.5, 0.6) is 0 Å². The first kappa shape index (κ1) is 38.1. The molecule has 3 aromatic heterocycles. The SMILES string of the molecule is C=C/C(OCc1ccccc1)=C(\C=C(/C)F)[C@H](Cn1c(=O)n(C(C)(C)C(=O)NC(C)C)c(=O)c2c(C)c(-n3nccn3)sc21)OCC(C)(C)O. The molecule has 0 aliphatic heterocycles. The highest BCUT2D eigenvalue weighted by Gasteiger charge is 2.36. The molecule has 1 atom stereocenters. The number of fused-ring (bicyclic) bond motifs is 1. The number of aromatic nitrogens is 5. The zero-order valence-corrected chi connectivity index (χ0v) is 30.5. The van der Waals surface area contributed by atoms with Gasteiger partial charge in [-0.1, -0.05) is 48.2 Å². The summed E-state index contributed by atoms with van der Waals surface area (Å²) in [6.45, 7) is 16.2. The van der Waals surface area contributed by atoms with Crippen LogP contribution in [0.15, 0.2) is 88.2 Å². The fraction of sp³-hybridized carbons (Fsp3) is 0.417. The molecule has 0 radical (unpaired) electrons. The Balaban J connectivity index is 2.03. The van der Waals surface area contributed by atoms with Crippen molar-refractivity contribution in [2.45, 2.75) is 91.8 Å². The van der Waals surface area contributed by atoms with Crippen molar-refractivity contribution in [3.05, 3.63) is 111 Å². The minimum absolute atomic E-state index is 0.127. The predicted octanol–water partition coefficient (Wildman–Crippen LogP) is 5.06. The number of aryl methyl sites for hydroxylation is 1. The highest BCUT2D eigenvalue weighted by Crippen LogP contribution is 2.32. The van der Waals surface area contributed by atoms with Gasteiger partial charge >= 0.3 is 5.69 Å². The quantitative estimate of drug-likeness (QED) is 0.129. The van der Waals surface area contributed by atoms with Gasteiger partial charge in [-0.2, -0.15) is 10.2 Å². The third-order valence-electron chi connectivity index (χ3n) is 7.72. The van der Waals surface area contributed by atoms with Crippen LogP contribution in [-0.2, 0) is 33.0 Å². The van der Waals surface area contributed by atoms with Gasteiger partial charge in [-0.15, -0.1) is 4.80 Å². The van der Waals surface area contributed by atoms with Crippen LogP contribution >= 0.6 is 11.3 Å². The van der Waals surface area contributed by atoms with Gasteiger partial charge in [0.15, 0.2) is 0 Å². The van der Waals surface area contributed by atoms with E-state index in [1.54, 1.807) is 34.6 Å². The molecule has 0 bridgehead atoms. The highest BCUT2D eigenvalue weighted by atomic mass is 32.1. The molecule has 14 heteroatoms. The second-order valence-electron chi connectivity index (χ2n) is 13.4. The summed E-state index contributed by atoms with van der Waals surface area (Å²) < 4.78 is 29.5. The molecule has 12 nitrogen and oxygen atoms in total. The van der Waals surface area contributed by atoms with E-state index in [2.05, 4.69) is 22.1 Å². The van der Waals surface area contributed by atoms with Crippen molar-refractivity contribution in [2.75, 3.05) is 6.61 Å². The van der Waals surface area contributed by atoms with Crippen molar-refractivity contribution >= 4 is 27.5 Å². The van der Waals surface area contributed by atoms with Crippen molar-refractivity contribution in [1.29, 1.82) is 0 Å². The van der Waals surface area contributed by atoms with Crippen molar-refractivity contribution in [2.24, 2.45) is 0 Å². The lowest BCUT2D eigenvalue weighted by Crippen LogP contribution is -2.57. The van der Waals surface area contributed by atoms with E-state index in [9.17, 15) is 23.9 Å². The number of amides is 1. The van der Waals surface area contributed by atoms with Gasteiger partial charge in [-0.05, 0) is 73.1 Å². The largest absolute Gasteiger partial charge is 0.489 e. The minimum atomic E-state index is -1.63. The van der Waals surface area contributed by atoms with Crippen LogP contribution in [0.1, 0.15) is 59.6 Å². The van der Waals surface area contributed by atoms with Gasteiger partial charge in [0.25, 0.3) is 5.56 Å². The highest BCUT2D eigenvalue weighted by molar-refractivity contribution is 7.21. The maximum Gasteiger partial charge on any atom is 0.333 e. The number of rotatable bonds is 15. The van der Waals surface area contributed by atoms with Crippen molar-refractivity contribution in [3.8, 4) is 5.00 Å². The van der Waals surface area contributed by atoms with E-state index in [0.29, 0.717) is 10.6 Å². The Morgan fingerprint density at radius 3 is 2.34 bits per heavy atom. The van der Waals surface area contributed by atoms with E-state index in [1.807, 2.05) is 30.3 Å². The normalized spacial score (nSPS) is 13.8. The molecule has 0 spiro atoms. The first-order chi connectivity index (χ1) is 23.5. The molecule has 1 aromatic carbocycles. The fourth-order valence-electron chi connectivity index (χ4n) is 5.28. The molecule has 3 heterocycles.